The fourth-order valence-corrected chi connectivity index (χ4v) is 1.60. The van der Waals surface area contributed by atoms with Crippen molar-refractivity contribution in [3.63, 3.8) is 0 Å². The minimum Gasteiger partial charge on any atom is -0.480 e. The summed E-state index contributed by atoms with van der Waals surface area (Å²) in [6, 6.07) is 6.08. The van der Waals surface area contributed by atoms with Crippen LogP contribution in [0.3, 0.4) is 0 Å². The van der Waals surface area contributed by atoms with Gasteiger partial charge < -0.3 is 10.0 Å². The number of anilines is 1. The molecule has 0 bridgehead atoms. The van der Waals surface area contributed by atoms with Gasteiger partial charge >= 0.3 is 12.1 Å². The van der Waals surface area contributed by atoms with Gasteiger partial charge in [0.05, 0.1) is 11.3 Å². The molecule has 0 saturated heterocycles. The van der Waals surface area contributed by atoms with Crippen LogP contribution < -0.4 is 4.90 Å². The predicted molar refractivity (Wildman–Crippen MR) is 61.8 cm³/mol. The minimum atomic E-state index is -4.55. The van der Waals surface area contributed by atoms with Crippen LogP contribution in [0.2, 0.25) is 0 Å². The van der Waals surface area contributed by atoms with Crippen molar-refractivity contribution < 1.29 is 23.1 Å². The molecule has 1 rings (SSSR count). The molecule has 19 heavy (non-hydrogen) atoms. The molecule has 0 fully saturated rings. The summed E-state index contributed by atoms with van der Waals surface area (Å²) in [6.07, 6.45) is -4.55. The second-order valence-electron chi connectivity index (χ2n) is 4.00. The highest BCUT2D eigenvalue weighted by Crippen LogP contribution is 2.26. The van der Waals surface area contributed by atoms with E-state index in [9.17, 15) is 18.0 Å². The predicted octanol–water partition coefficient (Wildman–Crippen LogP) is 2.32. The van der Waals surface area contributed by atoms with Gasteiger partial charge in [-0.15, -0.1) is 0 Å². The lowest BCUT2D eigenvalue weighted by Crippen LogP contribution is -2.38. The maximum Gasteiger partial charge on any atom is 0.405 e. The fraction of sp³-hybridized carbons (Fsp3) is 0.333. The van der Waals surface area contributed by atoms with Gasteiger partial charge in [0.1, 0.15) is 19.2 Å². The van der Waals surface area contributed by atoms with Crippen LogP contribution in [0.15, 0.2) is 18.2 Å². The third-order valence-electron chi connectivity index (χ3n) is 2.31. The number of rotatable bonds is 4. The van der Waals surface area contributed by atoms with E-state index in [1.54, 1.807) is 19.1 Å². The van der Waals surface area contributed by atoms with E-state index in [0.29, 0.717) is 10.5 Å². The van der Waals surface area contributed by atoms with E-state index < -0.39 is 25.2 Å². The van der Waals surface area contributed by atoms with Crippen LogP contribution in [-0.2, 0) is 4.79 Å². The Kier molecular flexibility index (Phi) is 4.38. The average molecular weight is 272 g/mol. The van der Waals surface area contributed by atoms with Crippen LogP contribution in [-0.4, -0.2) is 30.3 Å². The lowest BCUT2D eigenvalue weighted by molar-refractivity contribution is -0.136. The Morgan fingerprint density at radius 2 is 2.11 bits per heavy atom. The molecule has 0 atom stereocenters. The van der Waals surface area contributed by atoms with Crippen LogP contribution in [0.1, 0.15) is 11.1 Å². The number of carboxylic acid groups (broad SMARTS) is 1. The van der Waals surface area contributed by atoms with Crippen LogP contribution in [0.5, 0.6) is 0 Å². The number of aliphatic carboxylic acids is 1. The summed E-state index contributed by atoms with van der Waals surface area (Å²) < 4.78 is 37.4. The van der Waals surface area contributed by atoms with Gasteiger partial charge in [0.15, 0.2) is 0 Å². The zero-order chi connectivity index (χ0) is 14.6. The highest BCUT2D eigenvalue weighted by atomic mass is 19.4. The van der Waals surface area contributed by atoms with E-state index in [-0.39, 0.29) is 11.3 Å². The summed E-state index contributed by atoms with van der Waals surface area (Å²) in [6.45, 7) is -0.591. The van der Waals surface area contributed by atoms with Crippen LogP contribution in [0.25, 0.3) is 0 Å². The molecule has 0 aliphatic heterocycles. The molecule has 0 heterocycles. The standard InChI is InChI=1S/C12H11F3N2O2/c1-8-2-3-9(5-16)10(4-8)17(6-11(18)19)7-12(13,14)15/h2-4H,6-7H2,1H3,(H,18,19). The van der Waals surface area contributed by atoms with E-state index in [1.165, 1.54) is 12.1 Å². The lowest BCUT2D eigenvalue weighted by Gasteiger charge is -2.25. The molecule has 0 unspecified atom stereocenters. The Bertz CT molecular complexity index is 521. The van der Waals surface area contributed by atoms with Gasteiger partial charge in [0.25, 0.3) is 0 Å². The molecule has 0 aliphatic rings. The SMILES string of the molecule is Cc1ccc(C#N)c(N(CC(=O)O)CC(F)(F)F)c1. The number of aryl methyl sites for hydroxylation is 1. The van der Waals surface area contributed by atoms with E-state index in [4.69, 9.17) is 10.4 Å². The van der Waals surface area contributed by atoms with Crippen molar-refractivity contribution >= 4 is 11.7 Å². The summed E-state index contributed by atoms with van der Waals surface area (Å²) in [7, 11) is 0. The summed E-state index contributed by atoms with van der Waals surface area (Å²) in [5.74, 6) is -1.39. The third kappa shape index (κ3) is 4.50. The maximum atomic E-state index is 12.5. The lowest BCUT2D eigenvalue weighted by atomic mass is 10.1. The molecule has 0 radical (unpaired) electrons. The summed E-state index contributed by atoms with van der Waals surface area (Å²) in [5.41, 5.74) is 0.630. The normalized spacial score (nSPS) is 10.9. The van der Waals surface area contributed by atoms with Crippen LogP contribution in [0.4, 0.5) is 18.9 Å². The fourth-order valence-electron chi connectivity index (χ4n) is 1.60. The van der Waals surface area contributed by atoms with Gasteiger partial charge in [0, 0.05) is 0 Å². The first-order valence-corrected chi connectivity index (χ1v) is 5.27. The van der Waals surface area contributed by atoms with Crippen molar-refractivity contribution in [3.8, 4) is 6.07 Å². The quantitative estimate of drug-likeness (QED) is 0.913. The van der Waals surface area contributed by atoms with E-state index in [1.807, 2.05) is 0 Å². The average Bonchev–Trinajstić information content (AvgIpc) is 2.25. The first-order valence-electron chi connectivity index (χ1n) is 5.27. The van der Waals surface area contributed by atoms with Crippen molar-refractivity contribution in [2.75, 3.05) is 18.0 Å². The topological polar surface area (TPSA) is 64.3 Å². The summed E-state index contributed by atoms with van der Waals surface area (Å²) in [5, 5.41) is 17.6. The molecule has 7 heteroatoms. The van der Waals surface area contributed by atoms with E-state index in [2.05, 4.69) is 0 Å². The van der Waals surface area contributed by atoms with Crippen molar-refractivity contribution in [3.05, 3.63) is 29.3 Å². The van der Waals surface area contributed by atoms with Gasteiger partial charge in [-0.05, 0) is 24.6 Å². The monoisotopic (exact) mass is 272 g/mol. The summed E-state index contributed by atoms with van der Waals surface area (Å²) >= 11 is 0. The van der Waals surface area contributed by atoms with Gasteiger partial charge in [-0.1, -0.05) is 6.07 Å². The van der Waals surface area contributed by atoms with Gasteiger partial charge in [-0.3, -0.25) is 4.79 Å². The number of hydrogen-bond acceptors (Lipinski definition) is 3. The zero-order valence-electron chi connectivity index (χ0n) is 10.0. The van der Waals surface area contributed by atoms with Crippen LogP contribution in [0, 0.1) is 18.3 Å². The number of nitriles is 1. The molecule has 0 spiro atoms. The zero-order valence-corrected chi connectivity index (χ0v) is 10.0. The van der Waals surface area contributed by atoms with E-state index >= 15 is 0 Å². The smallest absolute Gasteiger partial charge is 0.405 e. The largest absolute Gasteiger partial charge is 0.480 e. The molecule has 0 amide bonds. The molecule has 4 nitrogen and oxygen atoms in total. The highest BCUT2D eigenvalue weighted by Gasteiger charge is 2.32. The van der Waals surface area contributed by atoms with E-state index in [0.717, 1.165) is 0 Å². The van der Waals surface area contributed by atoms with Gasteiger partial charge in [-0.25, -0.2) is 0 Å². The Labute approximate surface area is 107 Å². The number of nitrogens with zero attached hydrogens (tertiary/aromatic N) is 2. The number of carbonyl (C=O) groups is 1. The number of carboxylic acids is 1. The Morgan fingerprint density at radius 1 is 1.47 bits per heavy atom. The number of hydrogen-bond donors (Lipinski definition) is 1. The van der Waals surface area contributed by atoms with Crippen molar-refractivity contribution in [1.82, 2.24) is 0 Å². The van der Waals surface area contributed by atoms with Gasteiger partial charge in [0.2, 0.25) is 0 Å². The maximum absolute atomic E-state index is 12.5. The van der Waals surface area contributed by atoms with Gasteiger partial charge in [-0.2, -0.15) is 18.4 Å². The number of alkyl halides is 3. The molecule has 0 aromatic heterocycles. The molecule has 102 valence electrons. The third-order valence-corrected chi connectivity index (χ3v) is 2.31. The summed E-state index contributed by atoms with van der Waals surface area (Å²) in [4.78, 5) is 11.3. The van der Waals surface area contributed by atoms with Crippen molar-refractivity contribution in [1.29, 1.82) is 5.26 Å². The van der Waals surface area contributed by atoms with Crippen molar-refractivity contribution in [2.24, 2.45) is 0 Å². The highest BCUT2D eigenvalue weighted by molar-refractivity contribution is 5.75. The molecule has 1 aromatic carbocycles. The Balaban J connectivity index is 3.20. The van der Waals surface area contributed by atoms with Crippen molar-refractivity contribution in [2.45, 2.75) is 13.1 Å². The first-order chi connectivity index (χ1) is 8.73. The Morgan fingerprint density at radius 3 is 2.58 bits per heavy atom. The van der Waals surface area contributed by atoms with Crippen LogP contribution >= 0.6 is 0 Å². The second-order valence-corrected chi connectivity index (χ2v) is 4.00. The Hall–Kier alpha value is -2.23. The first kappa shape index (κ1) is 14.8. The molecule has 1 N–H and O–H groups in total. The molecular formula is C12H11F3N2O2. The number of halogens is 3. The molecule has 0 saturated carbocycles. The second kappa shape index (κ2) is 5.61. The molecule has 0 aliphatic carbocycles. The minimum absolute atomic E-state index is 0.0103. The molecule has 1 aromatic rings. The molecular weight excluding hydrogens is 261 g/mol. The number of benzene rings is 1.